The first-order valence-electron chi connectivity index (χ1n) is 4.66. The Bertz CT molecular complexity index is 218. The van der Waals surface area contributed by atoms with Crippen LogP contribution in [0.4, 0.5) is 0 Å². The molecule has 0 bridgehead atoms. The van der Waals surface area contributed by atoms with Crippen LogP contribution < -0.4 is 0 Å². The number of hydrogen-bond acceptors (Lipinski definition) is 1. The van der Waals surface area contributed by atoms with E-state index in [2.05, 4.69) is 37.9 Å². The molecule has 66 valence electrons. The van der Waals surface area contributed by atoms with Gasteiger partial charge in [-0.3, -0.25) is 4.98 Å². The van der Waals surface area contributed by atoms with E-state index in [0.29, 0.717) is 5.92 Å². The molecule has 0 saturated heterocycles. The molecule has 1 heteroatoms. The molecule has 1 aromatic heterocycles. The van der Waals surface area contributed by atoms with Gasteiger partial charge in [0.15, 0.2) is 0 Å². The molecular weight excluding hydrogens is 146 g/mol. The number of aromatic nitrogens is 1. The molecule has 0 aromatic carbocycles. The summed E-state index contributed by atoms with van der Waals surface area (Å²) in [6, 6.07) is 6.13. The zero-order valence-corrected chi connectivity index (χ0v) is 8.12. The summed E-state index contributed by atoms with van der Waals surface area (Å²) in [5.41, 5.74) is 1.21. The minimum Gasteiger partial charge on any atom is -0.261 e. The maximum absolute atomic E-state index is 4.35. The van der Waals surface area contributed by atoms with Gasteiger partial charge in [-0.25, -0.2) is 0 Å². The van der Waals surface area contributed by atoms with Crippen LogP contribution in [0.1, 0.15) is 38.8 Å². The van der Waals surface area contributed by atoms with Crippen molar-refractivity contribution < 1.29 is 0 Å². The predicted octanol–water partition coefficient (Wildman–Crippen LogP) is 3.23. The van der Waals surface area contributed by atoms with Crippen molar-refractivity contribution in [1.29, 1.82) is 0 Å². The second-order valence-electron chi connectivity index (χ2n) is 3.43. The molecule has 1 heterocycles. The number of hydrogen-bond donors (Lipinski definition) is 0. The Labute approximate surface area is 74.8 Å². The third kappa shape index (κ3) is 2.07. The molecule has 0 radical (unpaired) electrons. The minimum absolute atomic E-state index is 0.580. The van der Waals surface area contributed by atoms with Crippen molar-refractivity contribution in [3.63, 3.8) is 0 Å². The average molecular weight is 163 g/mol. The maximum Gasteiger partial charge on any atom is 0.0434 e. The highest BCUT2D eigenvalue weighted by Crippen LogP contribution is 2.23. The Morgan fingerprint density at radius 3 is 2.58 bits per heavy atom. The second-order valence-corrected chi connectivity index (χ2v) is 3.43. The molecule has 2 atom stereocenters. The molecule has 1 rings (SSSR count). The molecule has 0 aliphatic rings. The minimum atomic E-state index is 0.580. The molecule has 0 aliphatic heterocycles. The Morgan fingerprint density at radius 1 is 1.33 bits per heavy atom. The topological polar surface area (TPSA) is 12.9 Å². The van der Waals surface area contributed by atoms with Crippen molar-refractivity contribution in [3.05, 3.63) is 30.1 Å². The van der Waals surface area contributed by atoms with Crippen molar-refractivity contribution in [2.45, 2.75) is 33.1 Å². The van der Waals surface area contributed by atoms with Gasteiger partial charge in [-0.15, -0.1) is 0 Å². The van der Waals surface area contributed by atoms with Crippen LogP contribution in [-0.2, 0) is 0 Å². The Kier molecular flexibility index (Phi) is 3.27. The first-order chi connectivity index (χ1) is 5.75. The van der Waals surface area contributed by atoms with Gasteiger partial charge in [-0.2, -0.15) is 0 Å². The fraction of sp³-hybridized carbons (Fsp3) is 0.545. The fourth-order valence-corrected chi connectivity index (χ4v) is 1.29. The Balaban J connectivity index is 2.71. The standard InChI is InChI=1S/C11H17N/c1-4-9(2)10(3)11-7-5-6-8-12-11/h5-10H,4H2,1-3H3/t9-,10?/m0/s1. The van der Waals surface area contributed by atoms with Gasteiger partial charge in [0, 0.05) is 17.8 Å². The van der Waals surface area contributed by atoms with Gasteiger partial charge >= 0.3 is 0 Å². The molecule has 1 nitrogen and oxygen atoms in total. The summed E-state index contributed by atoms with van der Waals surface area (Å²) < 4.78 is 0. The summed E-state index contributed by atoms with van der Waals surface area (Å²) in [5, 5.41) is 0. The zero-order chi connectivity index (χ0) is 8.97. The van der Waals surface area contributed by atoms with Crippen LogP contribution >= 0.6 is 0 Å². The highest BCUT2D eigenvalue weighted by molar-refractivity contribution is 5.09. The highest BCUT2D eigenvalue weighted by atomic mass is 14.7. The van der Waals surface area contributed by atoms with Crippen LogP contribution in [0.3, 0.4) is 0 Å². The molecule has 12 heavy (non-hydrogen) atoms. The summed E-state index contributed by atoms with van der Waals surface area (Å²) in [6.45, 7) is 6.75. The predicted molar refractivity (Wildman–Crippen MR) is 52.1 cm³/mol. The largest absolute Gasteiger partial charge is 0.261 e. The van der Waals surface area contributed by atoms with Gasteiger partial charge in [-0.05, 0) is 18.1 Å². The van der Waals surface area contributed by atoms with Gasteiger partial charge in [0.1, 0.15) is 0 Å². The highest BCUT2D eigenvalue weighted by Gasteiger charge is 2.12. The van der Waals surface area contributed by atoms with Crippen molar-refractivity contribution in [3.8, 4) is 0 Å². The summed E-state index contributed by atoms with van der Waals surface area (Å²) in [5.74, 6) is 1.30. The van der Waals surface area contributed by atoms with Gasteiger partial charge in [0.05, 0.1) is 0 Å². The van der Waals surface area contributed by atoms with E-state index in [9.17, 15) is 0 Å². The third-order valence-corrected chi connectivity index (χ3v) is 2.65. The van der Waals surface area contributed by atoms with E-state index in [-0.39, 0.29) is 0 Å². The molecule has 0 fully saturated rings. The van der Waals surface area contributed by atoms with E-state index in [1.165, 1.54) is 12.1 Å². The number of pyridine rings is 1. The normalized spacial score (nSPS) is 15.6. The first kappa shape index (κ1) is 9.24. The maximum atomic E-state index is 4.35. The smallest absolute Gasteiger partial charge is 0.0434 e. The van der Waals surface area contributed by atoms with E-state index < -0.39 is 0 Å². The van der Waals surface area contributed by atoms with Gasteiger partial charge in [0.25, 0.3) is 0 Å². The van der Waals surface area contributed by atoms with Crippen molar-refractivity contribution >= 4 is 0 Å². The monoisotopic (exact) mass is 163 g/mol. The van der Waals surface area contributed by atoms with Crippen LogP contribution in [0.25, 0.3) is 0 Å². The molecule has 0 N–H and O–H groups in total. The number of nitrogens with zero attached hydrogens (tertiary/aromatic N) is 1. The van der Waals surface area contributed by atoms with Crippen LogP contribution in [0, 0.1) is 5.92 Å². The lowest BCUT2D eigenvalue weighted by molar-refractivity contribution is 0.465. The van der Waals surface area contributed by atoms with Crippen LogP contribution in [-0.4, -0.2) is 4.98 Å². The molecule has 0 saturated carbocycles. The molecule has 0 spiro atoms. The Hall–Kier alpha value is -0.850. The molecular formula is C11H17N. The summed E-state index contributed by atoms with van der Waals surface area (Å²) in [6.07, 6.45) is 3.09. The molecule has 0 aliphatic carbocycles. The zero-order valence-electron chi connectivity index (χ0n) is 8.12. The van der Waals surface area contributed by atoms with Crippen LogP contribution in [0.15, 0.2) is 24.4 Å². The van der Waals surface area contributed by atoms with Crippen LogP contribution in [0.2, 0.25) is 0 Å². The second kappa shape index (κ2) is 4.24. The van der Waals surface area contributed by atoms with E-state index in [0.717, 1.165) is 5.92 Å². The lowest BCUT2D eigenvalue weighted by atomic mass is 9.90. The summed E-state index contributed by atoms with van der Waals surface area (Å²) >= 11 is 0. The molecule has 0 amide bonds. The van der Waals surface area contributed by atoms with Crippen molar-refractivity contribution in [2.24, 2.45) is 5.92 Å². The third-order valence-electron chi connectivity index (χ3n) is 2.65. The SMILES string of the molecule is CC[C@H](C)C(C)c1ccccn1. The van der Waals surface area contributed by atoms with Crippen molar-refractivity contribution in [1.82, 2.24) is 4.98 Å². The van der Waals surface area contributed by atoms with E-state index in [4.69, 9.17) is 0 Å². The quantitative estimate of drug-likeness (QED) is 0.666. The van der Waals surface area contributed by atoms with Gasteiger partial charge in [0.2, 0.25) is 0 Å². The summed E-state index contributed by atoms with van der Waals surface area (Å²) in [4.78, 5) is 4.35. The molecule has 1 unspecified atom stereocenters. The van der Waals surface area contributed by atoms with E-state index >= 15 is 0 Å². The lowest BCUT2D eigenvalue weighted by Crippen LogP contribution is -2.06. The van der Waals surface area contributed by atoms with Gasteiger partial charge in [-0.1, -0.05) is 33.3 Å². The van der Waals surface area contributed by atoms with Crippen LogP contribution in [0.5, 0.6) is 0 Å². The number of rotatable bonds is 3. The van der Waals surface area contributed by atoms with Crippen molar-refractivity contribution in [2.75, 3.05) is 0 Å². The summed E-state index contributed by atoms with van der Waals surface area (Å²) in [7, 11) is 0. The lowest BCUT2D eigenvalue weighted by Gasteiger charge is -2.16. The molecule has 1 aromatic rings. The Morgan fingerprint density at radius 2 is 2.08 bits per heavy atom. The van der Waals surface area contributed by atoms with E-state index in [1.54, 1.807) is 0 Å². The van der Waals surface area contributed by atoms with E-state index in [1.807, 2.05) is 12.3 Å². The van der Waals surface area contributed by atoms with Gasteiger partial charge < -0.3 is 0 Å². The fourth-order valence-electron chi connectivity index (χ4n) is 1.29. The first-order valence-corrected chi connectivity index (χ1v) is 4.66. The average Bonchev–Trinajstić information content (AvgIpc) is 2.17.